The number of aliphatic carboxylic acids is 1. The molecule has 0 aromatic carbocycles. The van der Waals surface area contributed by atoms with Crippen molar-refractivity contribution >= 4 is 16.2 Å². The fourth-order valence-electron chi connectivity index (χ4n) is 1.70. The average molecular weight is 278 g/mol. The van der Waals surface area contributed by atoms with E-state index in [-0.39, 0.29) is 12.3 Å². The molecule has 0 radical (unpaired) electrons. The molecule has 0 heterocycles. The fraction of sp³-hybridized carbons (Fsp3) is 0.909. The van der Waals surface area contributed by atoms with Crippen LogP contribution >= 0.6 is 0 Å². The van der Waals surface area contributed by atoms with Gasteiger partial charge in [0.2, 0.25) is 0 Å². The van der Waals surface area contributed by atoms with Gasteiger partial charge in [0.25, 0.3) is 10.2 Å². The highest BCUT2D eigenvalue weighted by molar-refractivity contribution is 7.87. The van der Waals surface area contributed by atoms with E-state index in [1.54, 1.807) is 0 Å². The highest BCUT2D eigenvalue weighted by Crippen LogP contribution is 2.29. The van der Waals surface area contributed by atoms with E-state index in [2.05, 4.69) is 4.72 Å². The first-order chi connectivity index (χ1) is 8.22. The van der Waals surface area contributed by atoms with Crippen molar-refractivity contribution in [1.29, 1.82) is 0 Å². The predicted octanol–water partition coefficient (Wildman–Crippen LogP) is 0.662. The summed E-state index contributed by atoms with van der Waals surface area (Å²) >= 11 is 0. The van der Waals surface area contributed by atoms with Gasteiger partial charge < -0.3 is 5.11 Å². The van der Waals surface area contributed by atoms with E-state index < -0.39 is 22.2 Å². The highest BCUT2D eigenvalue weighted by atomic mass is 32.2. The first kappa shape index (κ1) is 15.4. The molecule has 1 aliphatic rings. The van der Waals surface area contributed by atoms with Crippen LogP contribution in [0.15, 0.2) is 0 Å². The Bertz CT molecular complexity index is 390. The summed E-state index contributed by atoms with van der Waals surface area (Å²) in [6.45, 7) is 4.18. The minimum Gasteiger partial charge on any atom is -0.480 e. The van der Waals surface area contributed by atoms with Crippen molar-refractivity contribution in [1.82, 2.24) is 9.03 Å². The van der Waals surface area contributed by atoms with E-state index >= 15 is 0 Å². The van der Waals surface area contributed by atoms with Gasteiger partial charge in [-0.3, -0.25) is 4.79 Å². The van der Waals surface area contributed by atoms with Gasteiger partial charge in [-0.15, -0.1) is 0 Å². The number of nitrogens with zero attached hydrogens (tertiary/aromatic N) is 1. The van der Waals surface area contributed by atoms with Crippen LogP contribution in [0.4, 0.5) is 0 Å². The maximum atomic E-state index is 11.9. The first-order valence-corrected chi connectivity index (χ1v) is 7.62. The number of nitrogens with one attached hydrogen (secondary N) is 1. The number of hydrogen-bond donors (Lipinski definition) is 2. The lowest BCUT2D eigenvalue weighted by Crippen LogP contribution is -2.48. The van der Waals surface area contributed by atoms with Crippen molar-refractivity contribution in [2.24, 2.45) is 11.8 Å². The Morgan fingerprint density at radius 1 is 1.44 bits per heavy atom. The largest absolute Gasteiger partial charge is 0.480 e. The second-order valence-corrected chi connectivity index (χ2v) is 7.18. The third kappa shape index (κ3) is 4.91. The van der Waals surface area contributed by atoms with E-state index in [1.807, 2.05) is 13.8 Å². The molecule has 0 saturated heterocycles. The highest BCUT2D eigenvalue weighted by Gasteiger charge is 2.31. The van der Waals surface area contributed by atoms with E-state index in [4.69, 9.17) is 5.11 Å². The van der Waals surface area contributed by atoms with Gasteiger partial charge in [-0.2, -0.15) is 17.4 Å². The molecule has 0 unspecified atom stereocenters. The van der Waals surface area contributed by atoms with E-state index in [0.717, 1.165) is 12.8 Å². The van der Waals surface area contributed by atoms with Crippen molar-refractivity contribution in [2.45, 2.75) is 39.2 Å². The summed E-state index contributed by atoms with van der Waals surface area (Å²) in [7, 11) is -2.22. The lowest BCUT2D eigenvalue weighted by Gasteiger charge is -2.22. The number of carboxylic acid groups (broad SMARTS) is 1. The van der Waals surface area contributed by atoms with Crippen LogP contribution in [-0.4, -0.2) is 43.4 Å². The molecule has 0 aromatic heterocycles. The lowest BCUT2D eigenvalue weighted by molar-refractivity contribution is -0.139. The van der Waals surface area contributed by atoms with Crippen LogP contribution in [0.3, 0.4) is 0 Å². The monoisotopic (exact) mass is 278 g/mol. The topological polar surface area (TPSA) is 86.7 Å². The van der Waals surface area contributed by atoms with Crippen LogP contribution in [0.2, 0.25) is 0 Å². The molecule has 6 nitrogen and oxygen atoms in total. The summed E-state index contributed by atoms with van der Waals surface area (Å²) in [5, 5.41) is 9.02. The Morgan fingerprint density at radius 3 is 2.39 bits per heavy atom. The Hall–Kier alpha value is -0.660. The molecular weight excluding hydrogens is 256 g/mol. The van der Waals surface area contributed by atoms with Gasteiger partial charge in [-0.1, -0.05) is 13.8 Å². The molecular formula is C11H22N2O4S. The number of carbonyl (C=O) groups is 1. The van der Waals surface area contributed by atoms with Gasteiger partial charge >= 0.3 is 5.97 Å². The predicted molar refractivity (Wildman–Crippen MR) is 68.3 cm³/mol. The molecule has 1 fully saturated rings. The zero-order valence-corrected chi connectivity index (χ0v) is 11.9. The molecule has 106 valence electrons. The first-order valence-electron chi connectivity index (χ1n) is 6.18. The average Bonchev–Trinajstić information content (AvgIpc) is 2.99. The summed E-state index contributed by atoms with van der Waals surface area (Å²) in [6, 6.07) is -1.06. The van der Waals surface area contributed by atoms with Gasteiger partial charge in [0.15, 0.2) is 0 Å². The SMILES string of the molecule is CC(C)C[C@H](NS(=O)(=O)N(C)CC1CC1)C(=O)O. The van der Waals surface area contributed by atoms with Gasteiger partial charge in [-0.25, -0.2) is 0 Å². The van der Waals surface area contributed by atoms with Crippen LogP contribution in [0.1, 0.15) is 33.1 Å². The molecule has 0 aromatic rings. The van der Waals surface area contributed by atoms with E-state index in [0.29, 0.717) is 12.5 Å². The van der Waals surface area contributed by atoms with Crippen molar-refractivity contribution in [3.8, 4) is 0 Å². The van der Waals surface area contributed by atoms with Crippen LogP contribution < -0.4 is 4.72 Å². The number of rotatable bonds is 8. The van der Waals surface area contributed by atoms with Crippen LogP contribution in [0.25, 0.3) is 0 Å². The minimum absolute atomic E-state index is 0.113. The summed E-state index contributed by atoms with van der Waals surface area (Å²) in [6.07, 6.45) is 2.38. The summed E-state index contributed by atoms with van der Waals surface area (Å²) < 4.78 is 27.3. The maximum Gasteiger partial charge on any atom is 0.321 e. The van der Waals surface area contributed by atoms with E-state index in [9.17, 15) is 13.2 Å². The van der Waals surface area contributed by atoms with Crippen molar-refractivity contribution in [2.75, 3.05) is 13.6 Å². The molecule has 1 rings (SSSR count). The van der Waals surface area contributed by atoms with Crippen LogP contribution in [0, 0.1) is 11.8 Å². The van der Waals surface area contributed by atoms with Crippen molar-refractivity contribution in [3.63, 3.8) is 0 Å². The quantitative estimate of drug-likeness (QED) is 0.683. The zero-order valence-electron chi connectivity index (χ0n) is 11.1. The lowest BCUT2D eigenvalue weighted by atomic mass is 10.1. The Morgan fingerprint density at radius 2 is 2.00 bits per heavy atom. The van der Waals surface area contributed by atoms with E-state index in [1.165, 1.54) is 11.4 Å². The molecule has 2 N–H and O–H groups in total. The molecule has 0 amide bonds. The molecule has 0 aliphatic heterocycles. The Kier molecular flexibility index (Phi) is 5.12. The third-order valence-electron chi connectivity index (χ3n) is 2.92. The Balaban J connectivity index is 2.62. The van der Waals surface area contributed by atoms with Crippen molar-refractivity contribution in [3.05, 3.63) is 0 Å². The number of hydrogen-bond acceptors (Lipinski definition) is 3. The standard InChI is InChI=1S/C11H22N2O4S/c1-8(2)6-10(11(14)15)12-18(16,17)13(3)7-9-4-5-9/h8-10,12H,4-7H2,1-3H3,(H,14,15)/t10-/m0/s1. The minimum atomic E-state index is -3.70. The van der Waals surface area contributed by atoms with Crippen molar-refractivity contribution < 1.29 is 18.3 Å². The molecule has 7 heteroatoms. The van der Waals surface area contributed by atoms with Gasteiger partial charge in [0.05, 0.1) is 0 Å². The number of carboxylic acids is 1. The normalized spacial score (nSPS) is 18.3. The van der Waals surface area contributed by atoms with Gasteiger partial charge in [0, 0.05) is 13.6 Å². The molecule has 1 aliphatic carbocycles. The smallest absolute Gasteiger partial charge is 0.321 e. The summed E-state index contributed by atoms with van der Waals surface area (Å²) in [4.78, 5) is 11.0. The second-order valence-electron chi connectivity index (χ2n) is 5.37. The Labute approximate surface area is 109 Å². The molecule has 18 heavy (non-hydrogen) atoms. The van der Waals surface area contributed by atoms with Gasteiger partial charge in [0.1, 0.15) is 6.04 Å². The summed E-state index contributed by atoms with van der Waals surface area (Å²) in [5.41, 5.74) is 0. The molecule has 1 saturated carbocycles. The third-order valence-corrected chi connectivity index (χ3v) is 4.47. The molecule has 1 atom stereocenters. The van der Waals surface area contributed by atoms with Crippen LogP contribution in [0.5, 0.6) is 0 Å². The molecule has 0 spiro atoms. The summed E-state index contributed by atoms with van der Waals surface area (Å²) in [5.74, 6) is -0.588. The zero-order chi connectivity index (χ0) is 13.9. The maximum absolute atomic E-state index is 11.9. The fourth-order valence-corrected chi connectivity index (χ4v) is 2.85. The van der Waals surface area contributed by atoms with Crippen LogP contribution in [-0.2, 0) is 15.0 Å². The molecule has 0 bridgehead atoms. The second kappa shape index (κ2) is 5.99. The van der Waals surface area contributed by atoms with Gasteiger partial charge in [-0.05, 0) is 31.1 Å².